The van der Waals surface area contributed by atoms with Gasteiger partial charge in [-0.2, -0.15) is 0 Å². The molecule has 1 N–H and O–H groups in total. The molecule has 0 aliphatic rings. The van der Waals surface area contributed by atoms with Crippen molar-refractivity contribution in [3.63, 3.8) is 0 Å². The van der Waals surface area contributed by atoms with Crippen LogP contribution in [0.3, 0.4) is 0 Å². The summed E-state index contributed by atoms with van der Waals surface area (Å²) in [5.41, 5.74) is 3.66. The summed E-state index contributed by atoms with van der Waals surface area (Å²) in [5, 5.41) is 8.97. The van der Waals surface area contributed by atoms with Crippen LogP contribution in [0.25, 0.3) is 11.1 Å². The maximum absolute atomic E-state index is 11.3. The van der Waals surface area contributed by atoms with Gasteiger partial charge in [-0.1, -0.05) is 42.5 Å². The average molecular weight is 226 g/mol. The Bertz CT molecular complexity index is 527. The van der Waals surface area contributed by atoms with Crippen molar-refractivity contribution in [1.29, 1.82) is 0 Å². The lowest BCUT2D eigenvalue weighted by atomic mass is 10.0. The van der Waals surface area contributed by atoms with Gasteiger partial charge in [0.2, 0.25) is 0 Å². The Balaban J connectivity index is 2.38. The highest BCUT2D eigenvalue weighted by atomic mass is 16.3. The van der Waals surface area contributed by atoms with Crippen LogP contribution in [0.2, 0.25) is 0 Å². The SMILES string of the molecule is CC(=O)c1cccc(-c2ccc(CO)cc2)c1. The molecule has 0 aliphatic carbocycles. The van der Waals surface area contributed by atoms with Gasteiger partial charge < -0.3 is 5.11 Å². The highest BCUT2D eigenvalue weighted by Gasteiger charge is 2.02. The van der Waals surface area contributed by atoms with E-state index in [-0.39, 0.29) is 12.4 Å². The van der Waals surface area contributed by atoms with E-state index in [4.69, 9.17) is 5.11 Å². The maximum Gasteiger partial charge on any atom is 0.159 e. The second-order valence-electron chi connectivity index (χ2n) is 3.99. The molecule has 2 rings (SSSR count). The Morgan fingerprint density at radius 2 is 1.76 bits per heavy atom. The number of aliphatic hydroxyl groups excluding tert-OH is 1. The monoisotopic (exact) mass is 226 g/mol. The van der Waals surface area contributed by atoms with E-state index in [9.17, 15) is 4.79 Å². The molecule has 0 atom stereocenters. The van der Waals surface area contributed by atoms with Gasteiger partial charge in [-0.05, 0) is 29.7 Å². The molecule has 17 heavy (non-hydrogen) atoms. The van der Waals surface area contributed by atoms with Crippen LogP contribution in [0.5, 0.6) is 0 Å². The highest BCUT2D eigenvalue weighted by Crippen LogP contribution is 2.21. The molecule has 0 unspecified atom stereocenters. The summed E-state index contributed by atoms with van der Waals surface area (Å²) in [4.78, 5) is 11.3. The zero-order valence-electron chi connectivity index (χ0n) is 9.68. The summed E-state index contributed by atoms with van der Waals surface area (Å²) < 4.78 is 0. The molecule has 0 amide bonds. The number of carbonyl (C=O) groups is 1. The highest BCUT2D eigenvalue weighted by molar-refractivity contribution is 5.95. The molecule has 2 aromatic carbocycles. The molecule has 0 radical (unpaired) electrons. The van der Waals surface area contributed by atoms with Gasteiger partial charge in [-0.3, -0.25) is 4.79 Å². The minimum absolute atomic E-state index is 0.0494. The lowest BCUT2D eigenvalue weighted by molar-refractivity contribution is 0.101. The van der Waals surface area contributed by atoms with Gasteiger partial charge in [0.05, 0.1) is 6.61 Å². The number of hydrogen-bond acceptors (Lipinski definition) is 2. The van der Waals surface area contributed by atoms with Gasteiger partial charge in [0.1, 0.15) is 0 Å². The summed E-state index contributed by atoms with van der Waals surface area (Å²) in [5.74, 6) is 0.0684. The summed E-state index contributed by atoms with van der Waals surface area (Å²) in [6.07, 6.45) is 0. The quantitative estimate of drug-likeness (QED) is 0.817. The van der Waals surface area contributed by atoms with Crippen LogP contribution in [0, 0.1) is 0 Å². The molecule has 0 fully saturated rings. The van der Waals surface area contributed by atoms with E-state index in [1.54, 1.807) is 6.92 Å². The molecule has 0 aromatic heterocycles. The van der Waals surface area contributed by atoms with Crippen molar-refractivity contribution < 1.29 is 9.90 Å². The van der Waals surface area contributed by atoms with E-state index in [1.807, 2.05) is 48.5 Å². The normalized spacial score (nSPS) is 10.2. The molecule has 0 spiro atoms. The number of carbonyl (C=O) groups excluding carboxylic acids is 1. The van der Waals surface area contributed by atoms with Crippen molar-refractivity contribution in [1.82, 2.24) is 0 Å². The predicted molar refractivity (Wildman–Crippen MR) is 67.8 cm³/mol. The van der Waals surface area contributed by atoms with Gasteiger partial charge in [0, 0.05) is 5.56 Å². The Morgan fingerprint density at radius 1 is 1.06 bits per heavy atom. The average Bonchev–Trinajstić information content (AvgIpc) is 2.39. The number of Topliss-reactive ketones (excluding diaryl/α,β-unsaturated/α-hetero) is 1. The third-order valence-corrected chi connectivity index (χ3v) is 2.74. The zero-order chi connectivity index (χ0) is 12.3. The first-order valence-electron chi connectivity index (χ1n) is 5.52. The van der Waals surface area contributed by atoms with Crippen molar-refractivity contribution in [2.75, 3.05) is 0 Å². The van der Waals surface area contributed by atoms with Crippen molar-refractivity contribution in [3.8, 4) is 11.1 Å². The first-order valence-corrected chi connectivity index (χ1v) is 5.52. The van der Waals surface area contributed by atoms with Crippen LogP contribution in [-0.4, -0.2) is 10.9 Å². The largest absolute Gasteiger partial charge is 0.392 e. The zero-order valence-corrected chi connectivity index (χ0v) is 9.68. The number of aliphatic hydroxyl groups is 1. The summed E-state index contributed by atoms with van der Waals surface area (Å²) in [6.45, 7) is 1.61. The minimum atomic E-state index is 0.0494. The van der Waals surface area contributed by atoms with E-state index in [1.165, 1.54) is 0 Å². The first-order chi connectivity index (χ1) is 8.20. The summed E-state index contributed by atoms with van der Waals surface area (Å²) >= 11 is 0. The second-order valence-corrected chi connectivity index (χ2v) is 3.99. The predicted octanol–water partition coefficient (Wildman–Crippen LogP) is 3.05. The van der Waals surface area contributed by atoms with E-state index < -0.39 is 0 Å². The Hall–Kier alpha value is -1.93. The molecule has 0 saturated carbocycles. The van der Waals surface area contributed by atoms with Gasteiger partial charge >= 0.3 is 0 Å². The lowest BCUT2D eigenvalue weighted by Gasteiger charge is -2.04. The van der Waals surface area contributed by atoms with Crippen molar-refractivity contribution in [2.45, 2.75) is 13.5 Å². The third kappa shape index (κ3) is 2.60. The molecule has 0 saturated heterocycles. The van der Waals surface area contributed by atoms with Gasteiger partial charge in [0.15, 0.2) is 5.78 Å². The summed E-state index contributed by atoms with van der Waals surface area (Å²) in [7, 11) is 0. The van der Waals surface area contributed by atoms with Crippen LogP contribution in [-0.2, 0) is 6.61 Å². The Kier molecular flexibility index (Phi) is 3.35. The molecule has 2 heteroatoms. The number of hydrogen-bond donors (Lipinski definition) is 1. The first kappa shape index (κ1) is 11.6. The Labute approximate surface area is 101 Å². The standard InChI is InChI=1S/C15H14O2/c1-11(17)14-3-2-4-15(9-14)13-7-5-12(10-16)6-8-13/h2-9,16H,10H2,1H3. The number of ketones is 1. The van der Waals surface area contributed by atoms with E-state index in [0.29, 0.717) is 5.56 Å². The lowest BCUT2D eigenvalue weighted by Crippen LogP contribution is -1.91. The van der Waals surface area contributed by atoms with Gasteiger partial charge in [0.25, 0.3) is 0 Å². The molecule has 86 valence electrons. The smallest absolute Gasteiger partial charge is 0.159 e. The Morgan fingerprint density at radius 3 is 2.35 bits per heavy atom. The third-order valence-electron chi connectivity index (χ3n) is 2.74. The van der Waals surface area contributed by atoms with Crippen LogP contribution in [0.1, 0.15) is 22.8 Å². The molecule has 0 bridgehead atoms. The van der Waals surface area contributed by atoms with Crippen molar-refractivity contribution in [3.05, 3.63) is 59.7 Å². The van der Waals surface area contributed by atoms with Crippen LogP contribution >= 0.6 is 0 Å². The minimum Gasteiger partial charge on any atom is -0.392 e. The fraction of sp³-hybridized carbons (Fsp3) is 0.133. The number of rotatable bonds is 3. The van der Waals surface area contributed by atoms with E-state index >= 15 is 0 Å². The fourth-order valence-electron chi connectivity index (χ4n) is 1.72. The van der Waals surface area contributed by atoms with Gasteiger partial charge in [-0.25, -0.2) is 0 Å². The maximum atomic E-state index is 11.3. The van der Waals surface area contributed by atoms with Crippen LogP contribution in [0.4, 0.5) is 0 Å². The van der Waals surface area contributed by atoms with Gasteiger partial charge in [-0.15, -0.1) is 0 Å². The molecular formula is C15H14O2. The van der Waals surface area contributed by atoms with Crippen LogP contribution in [0.15, 0.2) is 48.5 Å². The molecule has 0 aliphatic heterocycles. The van der Waals surface area contributed by atoms with Crippen molar-refractivity contribution >= 4 is 5.78 Å². The summed E-state index contributed by atoms with van der Waals surface area (Å²) in [6, 6.07) is 15.2. The number of benzene rings is 2. The fourth-order valence-corrected chi connectivity index (χ4v) is 1.72. The molecular weight excluding hydrogens is 212 g/mol. The topological polar surface area (TPSA) is 37.3 Å². The van der Waals surface area contributed by atoms with Crippen LogP contribution < -0.4 is 0 Å². The van der Waals surface area contributed by atoms with E-state index in [2.05, 4.69) is 0 Å². The van der Waals surface area contributed by atoms with E-state index in [0.717, 1.165) is 16.7 Å². The molecule has 2 aromatic rings. The van der Waals surface area contributed by atoms with Crippen molar-refractivity contribution in [2.24, 2.45) is 0 Å². The molecule has 2 nitrogen and oxygen atoms in total. The molecule has 0 heterocycles. The second kappa shape index (κ2) is 4.93.